The van der Waals surface area contributed by atoms with Gasteiger partial charge >= 0.3 is 0 Å². The number of fused-ring (bicyclic) bond motifs is 1. The van der Waals surface area contributed by atoms with Gasteiger partial charge in [-0.05, 0) is 25.1 Å². The van der Waals surface area contributed by atoms with E-state index in [0.29, 0.717) is 11.6 Å². The number of hydrogen-bond donors (Lipinski definition) is 2. The maximum absolute atomic E-state index is 4.36. The number of benzene rings is 1. The first-order valence-corrected chi connectivity index (χ1v) is 5.60. The van der Waals surface area contributed by atoms with E-state index in [-0.39, 0.29) is 0 Å². The van der Waals surface area contributed by atoms with E-state index < -0.39 is 0 Å². The van der Waals surface area contributed by atoms with E-state index in [1.165, 1.54) is 0 Å². The first-order chi connectivity index (χ1) is 8.76. The van der Waals surface area contributed by atoms with Crippen LogP contribution in [0, 0.1) is 6.92 Å². The van der Waals surface area contributed by atoms with Gasteiger partial charge in [0.1, 0.15) is 11.6 Å². The Balaban J connectivity index is 2.12. The number of H-pyrrole nitrogens is 1. The van der Waals surface area contributed by atoms with Crippen molar-refractivity contribution in [3.63, 3.8) is 0 Å². The van der Waals surface area contributed by atoms with Gasteiger partial charge in [0.25, 0.3) is 0 Å². The van der Waals surface area contributed by atoms with Crippen LogP contribution < -0.4 is 5.32 Å². The van der Waals surface area contributed by atoms with Crippen LogP contribution in [-0.2, 0) is 0 Å². The summed E-state index contributed by atoms with van der Waals surface area (Å²) in [6.45, 7) is 1.93. The standard InChI is InChI=1S/C12H12N6/c1-7-15-9-4-3-8(5-10(9)16-7)12-17-11(13-2)6-14-18-12/h3-6H,1-2H3,(H,15,16)(H,13,17,18). The number of imidazole rings is 1. The molecule has 0 atom stereocenters. The van der Waals surface area contributed by atoms with E-state index >= 15 is 0 Å². The third-order valence-electron chi connectivity index (χ3n) is 2.67. The Morgan fingerprint density at radius 2 is 2.11 bits per heavy atom. The van der Waals surface area contributed by atoms with Crippen LogP contribution in [0.5, 0.6) is 0 Å². The topological polar surface area (TPSA) is 79.4 Å². The molecule has 0 aliphatic rings. The molecule has 3 aromatic rings. The lowest BCUT2D eigenvalue weighted by atomic mass is 10.2. The van der Waals surface area contributed by atoms with Crippen LogP contribution in [0.2, 0.25) is 0 Å². The molecule has 0 amide bonds. The van der Waals surface area contributed by atoms with E-state index in [1.807, 2.05) is 25.1 Å². The molecule has 0 unspecified atom stereocenters. The first-order valence-electron chi connectivity index (χ1n) is 5.60. The highest BCUT2D eigenvalue weighted by Crippen LogP contribution is 2.20. The van der Waals surface area contributed by atoms with Gasteiger partial charge in [-0.2, -0.15) is 5.10 Å². The summed E-state index contributed by atoms with van der Waals surface area (Å²) in [5.41, 5.74) is 2.83. The second-order valence-corrected chi connectivity index (χ2v) is 3.97. The summed E-state index contributed by atoms with van der Waals surface area (Å²) in [7, 11) is 1.80. The molecule has 0 radical (unpaired) electrons. The summed E-state index contributed by atoms with van der Waals surface area (Å²) in [5, 5.41) is 10.9. The lowest BCUT2D eigenvalue weighted by molar-refractivity contribution is 0.981. The zero-order valence-electron chi connectivity index (χ0n) is 10.1. The molecule has 0 saturated carbocycles. The van der Waals surface area contributed by atoms with Crippen molar-refractivity contribution in [3.05, 3.63) is 30.2 Å². The Morgan fingerprint density at radius 3 is 2.94 bits per heavy atom. The van der Waals surface area contributed by atoms with Gasteiger partial charge < -0.3 is 10.3 Å². The van der Waals surface area contributed by atoms with Crippen molar-refractivity contribution >= 4 is 16.9 Å². The molecular weight excluding hydrogens is 228 g/mol. The summed E-state index contributed by atoms with van der Waals surface area (Å²) >= 11 is 0. The highest BCUT2D eigenvalue weighted by Gasteiger charge is 2.06. The molecule has 18 heavy (non-hydrogen) atoms. The molecule has 0 aliphatic carbocycles. The van der Waals surface area contributed by atoms with Gasteiger partial charge in [-0.15, -0.1) is 5.10 Å². The molecule has 2 heterocycles. The van der Waals surface area contributed by atoms with Crippen molar-refractivity contribution in [1.82, 2.24) is 25.1 Å². The number of aromatic amines is 1. The zero-order valence-corrected chi connectivity index (χ0v) is 10.1. The molecule has 0 fully saturated rings. The van der Waals surface area contributed by atoms with Crippen molar-refractivity contribution in [2.24, 2.45) is 0 Å². The van der Waals surface area contributed by atoms with E-state index in [2.05, 4.69) is 30.5 Å². The van der Waals surface area contributed by atoms with Crippen molar-refractivity contribution in [3.8, 4) is 11.4 Å². The number of rotatable bonds is 2. The van der Waals surface area contributed by atoms with Crippen molar-refractivity contribution in [1.29, 1.82) is 0 Å². The maximum atomic E-state index is 4.36. The fourth-order valence-electron chi connectivity index (χ4n) is 1.82. The monoisotopic (exact) mass is 240 g/mol. The minimum atomic E-state index is 0.594. The summed E-state index contributed by atoms with van der Waals surface area (Å²) in [6, 6.07) is 5.87. The van der Waals surface area contributed by atoms with Crippen LogP contribution in [0.3, 0.4) is 0 Å². The third kappa shape index (κ3) is 1.77. The lowest BCUT2D eigenvalue weighted by Crippen LogP contribution is -1.98. The van der Waals surface area contributed by atoms with E-state index in [1.54, 1.807) is 13.2 Å². The molecule has 2 aromatic heterocycles. The Kier molecular flexibility index (Phi) is 2.40. The molecule has 6 nitrogen and oxygen atoms in total. The minimum Gasteiger partial charge on any atom is -0.372 e. The predicted molar refractivity (Wildman–Crippen MR) is 69.2 cm³/mol. The number of aromatic nitrogens is 5. The highest BCUT2D eigenvalue weighted by molar-refractivity contribution is 5.80. The molecular formula is C12H12N6. The quantitative estimate of drug-likeness (QED) is 0.713. The van der Waals surface area contributed by atoms with Crippen LogP contribution in [0.4, 0.5) is 5.82 Å². The van der Waals surface area contributed by atoms with Crippen LogP contribution in [0.1, 0.15) is 5.82 Å². The SMILES string of the molecule is CNc1cnnc(-c2ccc3nc(C)[nH]c3c2)n1. The molecule has 0 spiro atoms. The average molecular weight is 240 g/mol. The average Bonchev–Trinajstić information content (AvgIpc) is 2.77. The number of hydrogen-bond acceptors (Lipinski definition) is 5. The Morgan fingerprint density at radius 1 is 1.22 bits per heavy atom. The van der Waals surface area contributed by atoms with Gasteiger partial charge in [0.05, 0.1) is 17.2 Å². The number of anilines is 1. The Labute approximate surface area is 104 Å². The minimum absolute atomic E-state index is 0.594. The van der Waals surface area contributed by atoms with Crippen LogP contribution in [0.15, 0.2) is 24.4 Å². The Hall–Kier alpha value is -2.50. The summed E-state index contributed by atoms with van der Waals surface area (Å²) in [5.74, 6) is 2.18. The third-order valence-corrected chi connectivity index (χ3v) is 2.67. The van der Waals surface area contributed by atoms with E-state index in [9.17, 15) is 0 Å². The largest absolute Gasteiger partial charge is 0.372 e. The lowest BCUT2D eigenvalue weighted by Gasteiger charge is -2.01. The summed E-state index contributed by atoms with van der Waals surface area (Å²) < 4.78 is 0. The summed E-state index contributed by atoms with van der Waals surface area (Å²) in [6.07, 6.45) is 1.59. The van der Waals surface area contributed by atoms with E-state index in [4.69, 9.17) is 0 Å². The molecule has 0 saturated heterocycles. The van der Waals surface area contributed by atoms with Gasteiger partial charge in [0, 0.05) is 12.6 Å². The van der Waals surface area contributed by atoms with Gasteiger partial charge in [-0.1, -0.05) is 0 Å². The highest BCUT2D eigenvalue weighted by atomic mass is 15.2. The number of aryl methyl sites for hydroxylation is 1. The molecule has 1 aromatic carbocycles. The summed E-state index contributed by atoms with van der Waals surface area (Å²) in [4.78, 5) is 11.9. The molecule has 0 bridgehead atoms. The van der Waals surface area contributed by atoms with Crippen molar-refractivity contribution < 1.29 is 0 Å². The first kappa shape index (κ1) is 10.6. The van der Waals surface area contributed by atoms with Crippen LogP contribution in [-0.4, -0.2) is 32.2 Å². The molecule has 6 heteroatoms. The smallest absolute Gasteiger partial charge is 0.183 e. The van der Waals surface area contributed by atoms with Gasteiger partial charge in [-0.25, -0.2) is 9.97 Å². The predicted octanol–water partition coefficient (Wildman–Crippen LogP) is 1.77. The molecule has 2 N–H and O–H groups in total. The fraction of sp³-hybridized carbons (Fsp3) is 0.167. The number of nitrogens with one attached hydrogen (secondary N) is 2. The van der Waals surface area contributed by atoms with Crippen molar-refractivity contribution in [2.75, 3.05) is 12.4 Å². The van der Waals surface area contributed by atoms with Crippen LogP contribution in [0.25, 0.3) is 22.4 Å². The number of nitrogens with zero attached hydrogens (tertiary/aromatic N) is 4. The van der Waals surface area contributed by atoms with Crippen LogP contribution >= 0.6 is 0 Å². The second kappa shape index (κ2) is 4.06. The molecule has 90 valence electrons. The molecule has 0 aliphatic heterocycles. The van der Waals surface area contributed by atoms with Crippen molar-refractivity contribution in [2.45, 2.75) is 6.92 Å². The normalized spacial score (nSPS) is 10.8. The Bertz CT molecular complexity index is 703. The van der Waals surface area contributed by atoms with E-state index in [0.717, 1.165) is 22.4 Å². The van der Waals surface area contributed by atoms with Gasteiger partial charge in [0.2, 0.25) is 0 Å². The van der Waals surface area contributed by atoms with Gasteiger partial charge in [-0.3, -0.25) is 0 Å². The maximum Gasteiger partial charge on any atom is 0.183 e. The van der Waals surface area contributed by atoms with Gasteiger partial charge in [0.15, 0.2) is 5.82 Å². The fourth-order valence-corrected chi connectivity index (χ4v) is 1.82. The molecule has 3 rings (SSSR count). The zero-order chi connectivity index (χ0) is 12.5. The second-order valence-electron chi connectivity index (χ2n) is 3.97.